The van der Waals surface area contributed by atoms with Crippen LogP contribution in [-0.4, -0.2) is 17.7 Å². The minimum absolute atomic E-state index is 0.308. The Morgan fingerprint density at radius 2 is 1.76 bits per heavy atom. The molecule has 0 fully saturated rings. The molecule has 4 rings (SSSR count). The third-order valence-corrected chi connectivity index (χ3v) is 4.03. The van der Waals surface area contributed by atoms with Gasteiger partial charge in [-0.05, 0) is 29.8 Å². The number of nitrogen functional groups attached to an aromatic ring is 1. The van der Waals surface area contributed by atoms with Crippen LogP contribution in [0.2, 0.25) is 0 Å². The molecular weight excluding hydrogens is 320 g/mol. The molecule has 0 spiro atoms. The molecule has 1 unspecified atom stereocenters. The number of anilines is 2. The third kappa shape index (κ3) is 2.87. The molecule has 3 N–H and O–H groups in total. The van der Waals surface area contributed by atoms with Crippen molar-refractivity contribution in [1.29, 1.82) is 0 Å². The first-order chi connectivity index (χ1) is 12.3. The Balaban J connectivity index is 1.61. The standard InChI is InChI=1S/C17H15BFN5O/c19-18-24-17-14(16(20)21-10-22-17)15(23-24)11-6-8-13(9-7-11)25-12-4-2-1-3-5-12/h1-10,15,18,23H,(H2,20,21,22). The van der Waals surface area contributed by atoms with E-state index in [2.05, 4.69) is 15.4 Å². The summed E-state index contributed by atoms with van der Waals surface area (Å²) >= 11 is 0. The third-order valence-electron chi connectivity index (χ3n) is 4.03. The Bertz CT molecular complexity index is 878. The first kappa shape index (κ1) is 15.4. The van der Waals surface area contributed by atoms with E-state index in [1.54, 1.807) is 0 Å². The second-order valence-electron chi connectivity index (χ2n) is 5.59. The second-order valence-corrected chi connectivity index (χ2v) is 5.59. The summed E-state index contributed by atoms with van der Waals surface area (Å²) < 4.78 is 19.0. The smallest absolute Gasteiger partial charge is 0.457 e. The molecule has 8 heteroatoms. The summed E-state index contributed by atoms with van der Waals surface area (Å²) in [6, 6.07) is 16.8. The van der Waals surface area contributed by atoms with Gasteiger partial charge in [0.05, 0.1) is 11.6 Å². The number of halogens is 1. The lowest BCUT2D eigenvalue weighted by Gasteiger charge is -2.16. The lowest BCUT2D eigenvalue weighted by atomic mass is 10.0. The molecule has 1 aliphatic heterocycles. The van der Waals surface area contributed by atoms with Crippen LogP contribution in [0.5, 0.6) is 11.5 Å². The minimum atomic E-state index is -0.713. The van der Waals surface area contributed by atoms with E-state index < -0.39 is 7.69 Å². The van der Waals surface area contributed by atoms with E-state index in [0.29, 0.717) is 22.9 Å². The van der Waals surface area contributed by atoms with E-state index in [1.807, 2.05) is 54.6 Å². The molecule has 3 aromatic rings. The Labute approximate surface area is 144 Å². The molecule has 2 heterocycles. The molecular formula is C17H15BFN5O. The molecule has 0 radical (unpaired) electrons. The van der Waals surface area contributed by atoms with Gasteiger partial charge in [0.2, 0.25) is 0 Å². The van der Waals surface area contributed by atoms with Gasteiger partial charge >= 0.3 is 7.69 Å². The number of rotatable bonds is 4. The van der Waals surface area contributed by atoms with Crippen LogP contribution < -0.4 is 20.8 Å². The number of ether oxygens (including phenoxy) is 1. The van der Waals surface area contributed by atoms with Crippen molar-refractivity contribution in [2.75, 3.05) is 10.7 Å². The zero-order valence-corrected chi connectivity index (χ0v) is 13.3. The van der Waals surface area contributed by atoms with E-state index in [1.165, 1.54) is 11.2 Å². The minimum Gasteiger partial charge on any atom is -0.457 e. The molecule has 0 amide bonds. The molecule has 6 nitrogen and oxygen atoms in total. The van der Waals surface area contributed by atoms with Gasteiger partial charge in [0.1, 0.15) is 29.5 Å². The van der Waals surface area contributed by atoms with E-state index in [-0.39, 0.29) is 6.04 Å². The van der Waals surface area contributed by atoms with Crippen molar-refractivity contribution < 1.29 is 9.05 Å². The normalized spacial score (nSPS) is 15.7. The predicted molar refractivity (Wildman–Crippen MR) is 95.1 cm³/mol. The molecule has 0 saturated carbocycles. The maximum absolute atomic E-state index is 13.2. The molecule has 0 aliphatic carbocycles. The predicted octanol–water partition coefficient (Wildman–Crippen LogP) is 2.50. The molecule has 1 aromatic heterocycles. The van der Waals surface area contributed by atoms with Crippen molar-refractivity contribution in [2.24, 2.45) is 0 Å². The number of aromatic nitrogens is 2. The largest absolute Gasteiger partial charge is 0.460 e. The number of benzene rings is 2. The number of nitrogens with two attached hydrogens (primary N) is 1. The summed E-state index contributed by atoms with van der Waals surface area (Å²) in [6.45, 7) is 0. The maximum atomic E-state index is 13.2. The first-order valence-electron chi connectivity index (χ1n) is 7.79. The lowest BCUT2D eigenvalue weighted by Crippen LogP contribution is -2.36. The van der Waals surface area contributed by atoms with E-state index in [4.69, 9.17) is 10.5 Å². The van der Waals surface area contributed by atoms with Gasteiger partial charge in [-0.2, -0.15) is 0 Å². The summed E-state index contributed by atoms with van der Waals surface area (Å²) in [7, 11) is -0.713. The Morgan fingerprint density at radius 1 is 1.04 bits per heavy atom. The zero-order chi connectivity index (χ0) is 17.2. The van der Waals surface area contributed by atoms with Gasteiger partial charge < -0.3 is 19.7 Å². The van der Waals surface area contributed by atoms with Crippen LogP contribution in [0.25, 0.3) is 0 Å². The number of hydrogen-bond acceptors (Lipinski definition) is 6. The van der Waals surface area contributed by atoms with Crippen molar-refractivity contribution in [3.8, 4) is 11.5 Å². The van der Waals surface area contributed by atoms with Crippen LogP contribution in [0.1, 0.15) is 17.2 Å². The number of fused-ring (bicyclic) bond motifs is 1. The summed E-state index contributed by atoms with van der Waals surface area (Å²) in [4.78, 5) is 9.48. The number of nitrogens with zero attached hydrogens (tertiary/aromatic N) is 3. The first-order valence-corrected chi connectivity index (χ1v) is 7.79. The van der Waals surface area contributed by atoms with Crippen LogP contribution >= 0.6 is 0 Å². The number of hydrogen-bond donors (Lipinski definition) is 2. The summed E-state index contributed by atoms with van der Waals surface area (Å²) in [6.07, 6.45) is 1.33. The highest BCUT2D eigenvalue weighted by Gasteiger charge is 2.33. The van der Waals surface area contributed by atoms with Gasteiger partial charge in [-0.3, -0.25) is 0 Å². The average molecular weight is 335 g/mol. The Kier molecular flexibility index (Phi) is 3.95. The van der Waals surface area contributed by atoms with Crippen LogP contribution in [0.4, 0.5) is 16.0 Å². The van der Waals surface area contributed by atoms with Gasteiger partial charge in [0.25, 0.3) is 0 Å². The van der Waals surface area contributed by atoms with Crippen LogP contribution in [0.3, 0.4) is 0 Å². The number of para-hydroxylation sites is 1. The molecule has 25 heavy (non-hydrogen) atoms. The summed E-state index contributed by atoms with van der Waals surface area (Å²) in [5, 5.41) is 0. The fourth-order valence-corrected chi connectivity index (χ4v) is 2.86. The summed E-state index contributed by atoms with van der Waals surface area (Å²) in [5.74, 6) is 2.28. The van der Waals surface area contributed by atoms with Crippen LogP contribution in [0, 0.1) is 0 Å². The van der Waals surface area contributed by atoms with Crippen molar-refractivity contribution in [3.05, 3.63) is 72.1 Å². The van der Waals surface area contributed by atoms with Gasteiger partial charge in [0.15, 0.2) is 0 Å². The van der Waals surface area contributed by atoms with Gasteiger partial charge in [-0.1, -0.05) is 30.3 Å². The Hall–Kier alpha value is -3.13. The van der Waals surface area contributed by atoms with Gasteiger partial charge in [0, 0.05) is 0 Å². The van der Waals surface area contributed by atoms with Crippen molar-refractivity contribution >= 4 is 19.3 Å². The molecule has 1 aliphatic rings. The van der Waals surface area contributed by atoms with E-state index in [9.17, 15) is 4.32 Å². The van der Waals surface area contributed by atoms with Crippen molar-refractivity contribution in [1.82, 2.24) is 15.4 Å². The number of nitrogens with one attached hydrogen (secondary N) is 1. The van der Waals surface area contributed by atoms with E-state index >= 15 is 0 Å². The van der Waals surface area contributed by atoms with Crippen molar-refractivity contribution in [3.63, 3.8) is 0 Å². The monoisotopic (exact) mass is 335 g/mol. The fraction of sp³-hybridized carbons (Fsp3) is 0.0588. The molecule has 124 valence electrons. The highest BCUT2D eigenvalue weighted by Crippen LogP contribution is 2.38. The van der Waals surface area contributed by atoms with E-state index in [0.717, 1.165) is 11.3 Å². The van der Waals surface area contributed by atoms with Crippen LogP contribution in [0.15, 0.2) is 60.9 Å². The molecule has 1 atom stereocenters. The van der Waals surface area contributed by atoms with Crippen LogP contribution in [-0.2, 0) is 0 Å². The maximum Gasteiger partial charge on any atom is 0.460 e. The SMILES string of the molecule is Nc1ncnc2c1C(c1ccc(Oc3ccccc3)cc1)NN2BF. The second kappa shape index (κ2) is 6.41. The Morgan fingerprint density at radius 3 is 2.48 bits per heavy atom. The molecule has 0 saturated heterocycles. The van der Waals surface area contributed by atoms with Crippen molar-refractivity contribution in [2.45, 2.75) is 6.04 Å². The molecule has 0 bridgehead atoms. The van der Waals surface area contributed by atoms with Gasteiger partial charge in [-0.25, -0.2) is 15.4 Å². The molecule has 2 aromatic carbocycles. The zero-order valence-electron chi connectivity index (χ0n) is 13.3. The summed E-state index contributed by atoms with van der Waals surface area (Å²) in [5.41, 5.74) is 10.6. The van der Waals surface area contributed by atoms with Gasteiger partial charge in [-0.15, -0.1) is 0 Å². The topological polar surface area (TPSA) is 76.3 Å². The quantitative estimate of drug-likeness (QED) is 0.714. The lowest BCUT2D eigenvalue weighted by molar-refractivity contribution is 0.482. The average Bonchev–Trinajstić information content (AvgIpc) is 3.03. The number of hydrazine groups is 1. The highest BCUT2D eigenvalue weighted by molar-refractivity contribution is 6.33. The highest BCUT2D eigenvalue weighted by atomic mass is 19.1. The fourth-order valence-electron chi connectivity index (χ4n) is 2.86.